The van der Waals surface area contributed by atoms with Gasteiger partial charge in [-0.1, -0.05) is 36.4 Å². The number of aromatic hydroxyl groups is 1. The standard InChI is InChI=1S/C15H10BrNO/c16-15-13-8-11(10-4-2-1-3-5-10)6-7-12(13)14(18)9-17-15/h1-9,18H. The Morgan fingerprint density at radius 2 is 1.67 bits per heavy atom. The number of aromatic nitrogens is 1. The molecule has 0 saturated heterocycles. The van der Waals surface area contributed by atoms with E-state index in [1.165, 1.54) is 6.20 Å². The number of nitrogens with zero attached hydrogens (tertiary/aromatic N) is 1. The van der Waals surface area contributed by atoms with E-state index in [1.54, 1.807) is 0 Å². The Labute approximate surface area is 113 Å². The number of fused-ring (bicyclic) bond motifs is 1. The molecule has 0 aliphatic heterocycles. The fourth-order valence-corrected chi connectivity index (χ4v) is 2.44. The Morgan fingerprint density at radius 1 is 0.889 bits per heavy atom. The van der Waals surface area contributed by atoms with E-state index in [9.17, 15) is 5.11 Å². The SMILES string of the molecule is Oc1cnc(Br)c2cc(-c3ccccc3)ccc12. The maximum atomic E-state index is 9.77. The van der Waals surface area contributed by atoms with Gasteiger partial charge in [0.05, 0.1) is 6.20 Å². The predicted molar refractivity (Wildman–Crippen MR) is 76.5 cm³/mol. The number of pyridine rings is 1. The van der Waals surface area contributed by atoms with Crippen LogP contribution in [-0.4, -0.2) is 10.1 Å². The zero-order valence-corrected chi connectivity index (χ0v) is 11.1. The van der Waals surface area contributed by atoms with Crippen LogP contribution >= 0.6 is 15.9 Å². The lowest BCUT2D eigenvalue weighted by molar-refractivity contribution is 0.479. The molecule has 0 atom stereocenters. The number of hydrogen-bond donors (Lipinski definition) is 1. The summed E-state index contributed by atoms with van der Waals surface area (Å²) in [6.45, 7) is 0. The van der Waals surface area contributed by atoms with Crippen molar-refractivity contribution in [1.29, 1.82) is 0 Å². The third kappa shape index (κ3) is 1.87. The van der Waals surface area contributed by atoms with E-state index in [-0.39, 0.29) is 5.75 Å². The van der Waals surface area contributed by atoms with Gasteiger partial charge in [-0.15, -0.1) is 0 Å². The molecular formula is C15H10BrNO. The lowest BCUT2D eigenvalue weighted by Crippen LogP contribution is -1.83. The summed E-state index contributed by atoms with van der Waals surface area (Å²) in [5.74, 6) is 0.202. The van der Waals surface area contributed by atoms with Crippen LogP contribution in [0.3, 0.4) is 0 Å². The van der Waals surface area contributed by atoms with Crippen molar-refractivity contribution in [2.24, 2.45) is 0 Å². The largest absolute Gasteiger partial charge is 0.506 e. The summed E-state index contributed by atoms with van der Waals surface area (Å²) in [6, 6.07) is 16.1. The van der Waals surface area contributed by atoms with Crippen molar-refractivity contribution in [2.75, 3.05) is 0 Å². The summed E-state index contributed by atoms with van der Waals surface area (Å²) >= 11 is 3.42. The fraction of sp³-hybridized carbons (Fsp3) is 0. The van der Waals surface area contributed by atoms with Crippen molar-refractivity contribution in [3.05, 3.63) is 59.3 Å². The highest BCUT2D eigenvalue weighted by Crippen LogP contribution is 2.32. The molecule has 1 heterocycles. The lowest BCUT2D eigenvalue weighted by Gasteiger charge is -2.06. The van der Waals surface area contributed by atoms with Gasteiger partial charge >= 0.3 is 0 Å². The molecule has 0 aliphatic carbocycles. The Hall–Kier alpha value is -1.87. The normalized spacial score (nSPS) is 10.7. The predicted octanol–water partition coefficient (Wildman–Crippen LogP) is 4.37. The zero-order chi connectivity index (χ0) is 12.5. The number of benzene rings is 2. The highest BCUT2D eigenvalue weighted by atomic mass is 79.9. The monoisotopic (exact) mass is 299 g/mol. The van der Waals surface area contributed by atoms with Crippen molar-refractivity contribution in [2.45, 2.75) is 0 Å². The van der Waals surface area contributed by atoms with Crippen molar-refractivity contribution in [3.8, 4) is 16.9 Å². The topological polar surface area (TPSA) is 33.1 Å². The van der Waals surface area contributed by atoms with Crippen LogP contribution in [0.5, 0.6) is 5.75 Å². The molecule has 2 nitrogen and oxygen atoms in total. The quantitative estimate of drug-likeness (QED) is 0.677. The zero-order valence-electron chi connectivity index (χ0n) is 9.47. The first-order valence-corrected chi connectivity index (χ1v) is 6.37. The fourth-order valence-electron chi connectivity index (χ4n) is 2.01. The Bertz CT molecular complexity index is 710. The van der Waals surface area contributed by atoms with Gasteiger partial charge in [-0.25, -0.2) is 4.98 Å². The summed E-state index contributed by atoms with van der Waals surface area (Å²) in [7, 11) is 0. The molecule has 0 radical (unpaired) electrons. The molecule has 1 N–H and O–H groups in total. The van der Waals surface area contributed by atoms with Gasteiger partial charge in [0.2, 0.25) is 0 Å². The molecule has 18 heavy (non-hydrogen) atoms. The van der Waals surface area contributed by atoms with Crippen LogP contribution in [0.1, 0.15) is 0 Å². The molecule has 0 spiro atoms. The van der Waals surface area contributed by atoms with Crippen molar-refractivity contribution < 1.29 is 5.11 Å². The molecule has 3 aromatic rings. The smallest absolute Gasteiger partial charge is 0.141 e. The highest BCUT2D eigenvalue weighted by Gasteiger charge is 2.06. The molecule has 1 aromatic heterocycles. The van der Waals surface area contributed by atoms with E-state index in [4.69, 9.17) is 0 Å². The Kier molecular flexibility index (Phi) is 2.76. The third-order valence-electron chi connectivity index (χ3n) is 2.93. The van der Waals surface area contributed by atoms with Gasteiger partial charge in [0.15, 0.2) is 0 Å². The highest BCUT2D eigenvalue weighted by molar-refractivity contribution is 9.10. The van der Waals surface area contributed by atoms with Crippen LogP contribution in [0.4, 0.5) is 0 Å². The van der Waals surface area contributed by atoms with Crippen LogP contribution in [0.25, 0.3) is 21.9 Å². The lowest BCUT2D eigenvalue weighted by atomic mass is 10.0. The second kappa shape index (κ2) is 4.42. The van der Waals surface area contributed by atoms with Crippen LogP contribution in [0.2, 0.25) is 0 Å². The maximum absolute atomic E-state index is 9.77. The maximum Gasteiger partial charge on any atom is 0.141 e. The second-order valence-corrected chi connectivity index (χ2v) is 4.81. The minimum absolute atomic E-state index is 0.202. The number of rotatable bonds is 1. The van der Waals surface area contributed by atoms with Gasteiger partial charge in [-0.3, -0.25) is 0 Å². The minimum Gasteiger partial charge on any atom is -0.506 e. The Morgan fingerprint density at radius 3 is 2.44 bits per heavy atom. The van der Waals surface area contributed by atoms with E-state index in [1.807, 2.05) is 36.4 Å². The van der Waals surface area contributed by atoms with E-state index in [2.05, 4.69) is 33.0 Å². The van der Waals surface area contributed by atoms with E-state index < -0.39 is 0 Å². The van der Waals surface area contributed by atoms with Gasteiger partial charge in [0, 0.05) is 10.8 Å². The molecular weight excluding hydrogens is 290 g/mol. The van der Waals surface area contributed by atoms with Crippen LogP contribution in [-0.2, 0) is 0 Å². The summed E-state index contributed by atoms with van der Waals surface area (Å²) in [6.07, 6.45) is 1.45. The molecule has 3 rings (SSSR count). The third-order valence-corrected chi connectivity index (χ3v) is 3.56. The molecule has 0 aliphatic rings. The van der Waals surface area contributed by atoms with Crippen LogP contribution in [0.15, 0.2) is 59.3 Å². The van der Waals surface area contributed by atoms with Gasteiger partial charge in [0.25, 0.3) is 0 Å². The molecule has 0 amide bonds. The first kappa shape index (κ1) is 11.2. The first-order valence-electron chi connectivity index (χ1n) is 5.58. The van der Waals surface area contributed by atoms with E-state index >= 15 is 0 Å². The van der Waals surface area contributed by atoms with Crippen molar-refractivity contribution in [1.82, 2.24) is 4.98 Å². The molecule has 0 unspecified atom stereocenters. The summed E-state index contributed by atoms with van der Waals surface area (Å²) < 4.78 is 0.744. The molecule has 88 valence electrons. The molecule has 2 aromatic carbocycles. The van der Waals surface area contributed by atoms with Crippen molar-refractivity contribution in [3.63, 3.8) is 0 Å². The number of halogens is 1. The van der Waals surface area contributed by atoms with Gasteiger partial charge in [-0.2, -0.15) is 0 Å². The molecule has 3 heteroatoms. The van der Waals surface area contributed by atoms with E-state index in [0.717, 1.165) is 26.5 Å². The van der Waals surface area contributed by atoms with Gasteiger partial charge in [-0.05, 0) is 39.2 Å². The average molecular weight is 300 g/mol. The molecule has 0 bridgehead atoms. The minimum atomic E-state index is 0.202. The first-order chi connectivity index (χ1) is 8.75. The van der Waals surface area contributed by atoms with Crippen LogP contribution < -0.4 is 0 Å². The summed E-state index contributed by atoms with van der Waals surface area (Å²) in [4.78, 5) is 4.11. The van der Waals surface area contributed by atoms with Gasteiger partial charge < -0.3 is 5.11 Å². The molecule has 0 fully saturated rings. The summed E-state index contributed by atoms with van der Waals surface area (Å²) in [5, 5.41) is 11.5. The van der Waals surface area contributed by atoms with E-state index in [0.29, 0.717) is 0 Å². The Balaban J connectivity index is 2.26. The summed E-state index contributed by atoms with van der Waals surface area (Å²) in [5.41, 5.74) is 2.26. The van der Waals surface area contributed by atoms with Crippen LogP contribution in [0, 0.1) is 0 Å². The van der Waals surface area contributed by atoms with Crippen molar-refractivity contribution >= 4 is 26.7 Å². The van der Waals surface area contributed by atoms with Gasteiger partial charge in [0.1, 0.15) is 10.4 Å². The second-order valence-electron chi connectivity index (χ2n) is 4.06. The number of hydrogen-bond acceptors (Lipinski definition) is 2. The average Bonchev–Trinajstić information content (AvgIpc) is 2.44. The molecule has 0 saturated carbocycles.